The van der Waals surface area contributed by atoms with E-state index < -0.39 is 27.6 Å². The molecular formula is C12H15F3N2OS. The molecule has 0 saturated heterocycles. The summed E-state index contributed by atoms with van der Waals surface area (Å²) < 4.78 is 52.8. The Morgan fingerprint density at radius 2 is 1.89 bits per heavy atom. The van der Waals surface area contributed by atoms with Gasteiger partial charge in [0, 0.05) is 11.8 Å². The van der Waals surface area contributed by atoms with Gasteiger partial charge >= 0.3 is 6.18 Å². The molecule has 1 atom stereocenters. The SMILES string of the molecule is CC(=N[S@@](=O)C(C)(C)C)c1ccnc(C(F)(F)F)c1. The first-order valence-corrected chi connectivity index (χ1v) is 6.63. The monoisotopic (exact) mass is 292 g/mol. The second-order valence-corrected chi connectivity index (χ2v) is 6.87. The quantitative estimate of drug-likeness (QED) is 0.784. The fourth-order valence-corrected chi connectivity index (χ4v) is 1.75. The number of hydrogen-bond donors (Lipinski definition) is 0. The van der Waals surface area contributed by atoms with Crippen molar-refractivity contribution in [3.8, 4) is 0 Å². The van der Waals surface area contributed by atoms with E-state index in [4.69, 9.17) is 0 Å². The van der Waals surface area contributed by atoms with E-state index in [0.29, 0.717) is 5.71 Å². The van der Waals surface area contributed by atoms with Crippen LogP contribution in [0.3, 0.4) is 0 Å². The molecule has 0 spiro atoms. The first kappa shape index (κ1) is 15.8. The Balaban J connectivity index is 3.11. The molecule has 0 aliphatic heterocycles. The Hall–Kier alpha value is -1.24. The van der Waals surface area contributed by atoms with Gasteiger partial charge in [0.05, 0.1) is 10.5 Å². The van der Waals surface area contributed by atoms with Crippen LogP contribution in [-0.4, -0.2) is 19.7 Å². The Morgan fingerprint density at radius 3 is 2.37 bits per heavy atom. The fourth-order valence-electron chi connectivity index (χ4n) is 1.12. The topological polar surface area (TPSA) is 42.3 Å². The van der Waals surface area contributed by atoms with Crippen molar-refractivity contribution in [3.05, 3.63) is 29.6 Å². The molecule has 3 nitrogen and oxygen atoms in total. The van der Waals surface area contributed by atoms with Gasteiger partial charge in [-0.3, -0.25) is 4.98 Å². The zero-order chi connectivity index (χ0) is 14.8. The van der Waals surface area contributed by atoms with Crippen LogP contribution in [0, 0.1) is 0 Å². The molecular weight excluding hydrogens is 277 g/mol. The predicted molar refractivity (Wildman–Crippen MR) is 69.3 cm³/mol. The van der Waals surface area contributed by atoms with E-state index in [1.165, 1.54) is 13.0 Å². The number of rotatable bonds is 2. The largest absolute Gasteiger partial charge is 0.433 e. The average molecular weight is 292 g/mol. The normalized spacial score (nSPS) is 15.4. The highest BCUT2D eigenvalue weighted by Gasteiger charge is 2.32. The van der Waals surface area contributed by atoms with Gasteiger partial charge in [0.15, 0.2) is 0 Å². The van der Waals surface area contributed by atoms with Crippen molar-refractivity contribution in [1.82, 2.24) is 4.98 Å². The van der Waals surface area contributed by atoms with E-state index >= 15 is 0 Å². The predicted octanol–water partition coefficient (Wildman–Crippen LogP) is 3.37. The third-order valence-electron chi connectivity index (χ3n) is 2.21. The van der Waals surface area contributed by atoms with Gasteiger partial charge < -0.3 is 0 Å². The lowest BCUT2D eigenvalue weighted by Crippen LogP contribution is -2.20. The lowest BCUT2D eigenvalue weighted by Gasteiger charge is -2.14. The molecule has 1 heterocycles. The zero-order valence-corrected chi connectivity index (χ0v) is 11.9. The molecule has 0 aliphatic rings. The Bertz CT molecular complexity index is 518. The number of nitrogens with zero attached hydrogens (tertiary/aromatic N) is 2. The number of aromatic nitrogens is 1. The van der Waals surface area contributed by atoms with Gasteiger partial charge in [-0.25, -0.2) is 4.21 Å². The summed E-state index contributed by atoms with van der Waals surface area (Å²) in [5, 5.41) is 0. The summed E-state index contributed by atoms with van der Waals surface area (Å²) in [6.45, 7) is 6.76. The van der Waals surface area contributed by atoms with Crippen molar-refractivity contribution < 1.29 is 17.4 Å². The maximum absolute atomic E-state index is 12.5. The fraction of sp³-hybridized carbons (Fsp3) is 0.500. The molecule has 0 fully saturated rings. The number of pyridine rings is 1. The maximum Gasteiger partial charge on any atom is 0.433 e. The molecule has 19 heavy (non-hydrogen) atoms. The van der Waals surface area contributed by atoms with Gasteiger partial charge in [0.1, 0.15) is 16.7 Å². The summed E-state index contributed by atoms with van der Waals surface area (Å²) in [4.78, 5) is 3.27. The van der Waals surface area contributed by atoms with Crippen molar-refractivity contribution in [1.29, 1.82) is 0 Å². The molecule has 1 aromatic rings. The minimum Gasteiger partial charge on any atom is -0.252 e. The summed E-state index contributed by atoms with van der Waals surface area (Å²) >= 11 is 0. The van der Waals surface area contributed by atoms with Gasteiger partial charge in [-0.1, -0.05) is 0 Å². The second-order valence-electron chi connectivity index (χ2n) is 4.97. The van der Waals surface area contributed by atoms with E-state index in [2.05, 4.69) is 9.38 Å². The molecule has 0 amide bonds. The van der Waals surface area contributed by atoms with E-state index in [1.54, 1.807) is 20.8 Å². The van der Waals surface area contributed by atoms with Crippen molar-refractivity contribution in [2.75, 3.05) is 0 Å². The molecule has 0 aliphatic carbocycles. The van der Waals surface area contributed by atoms with E-state index in [1.807, 2.05) is 0 Å². The van der Waals surface area contributed by atoms with Gasteiger partial charge in [0.2, 0.25) is 0 Å². The van der Waals surface area contributed by atoms with Crippen LogP contribution in [0.4, 0.5) is 13.2 Å². The first-order valence-electron chi connectivity index (χ1n) is 5.53. The highest BCUT2D eigenvalue weighted by Crippen LogP contribution is 2.28. The Morgan fingerprint density at radius 1 is 1.32 bits per heavy atom. The molecule has 0 unspecified atom stereocenters. The molecule has 0 bridgehead atoms. The molecule has 0 aromatic carbocycles. The lowest BCUT2D eigenvalue weighted by molar-refractivity contribution is -0.141. The Kier molecular flexibility index (Phi) is 4.50. The molecule has 1 aromatic heterocycles. The van der Waals surface area contributed by atoms with E-state index in [9.17, 15) is 17.4 Å². The smallest absolute Gasteiger partial charge is 0.252 e. The highest BCUT2D eigenvalue weighted by molar-refractivity contribution is 7.85. The van der Waals surface area contributed by atoms with Gasteiger partial charge in [-0.2, -0.15) is 17.6 Å². The lowest BCUT2D eigenvalue weighted by atomic mass is 10.1. The molecule has 0 radical (unpaired) electrons. The van der Waals surface area contributed by atoms with Crippen LogP contribution < -0.4 is 0 Å². The van der Waals surface area contributed by atoms with Crippen LogP contribution in [0.5, 0.6) is 0 Å². The second kappa shape index (κ2) is 5.40. The average Bonchev–Trinajstić information content (AvgIpc) is 2.26. The Labute approximate surface area is 112 Å². The summed E-state index contributed by atoms with van der Waals surface area (Å²) in [6.07, 6.45) is -3.43. The van der Waals surface area contributed by atoms with Crippen LogP contribution in [0.1, 0.15) is 39.0 Å². The number of alkyl halides is 3. The van der Waals surface area contributed by atoms with Crippen molar-refractivity contribution in [3.63, 3.8) is 0 Å². The van der Waals surface area contributed by atoms with Crippen LogP contribution in [0.25, 0.3) is 0 Å². The van der Waals surface area contributed by atoms with E-state index in [0.717, 1.165) is 12.3 Å². The summed E-state index contributed by atoms with van der Waals surface area (Å²) in [5.74, 6) is 0. The van der Waals surface area contributed by atoms with Crippen molar-refractivity contribution in [2.24, 2.45) is 4.40 Å². The standard InChI is InChI=1S/C12H15F3N2OS/c1-8(17-19(18)11(2,3)4)9-5-6-16-10(7-9)12(13,14)15/h5-7H,1-4H3/t19-/m0/s1. The number of hydrogen-bond acceptors (Lipinski definition) is 2. The first-order chi connectivity index (χ1) is 8.51. The third kappa shape index (κ3) is 4.41. The zero-order valence-electron chi connectivity index (χ0n) is 11.1. The molecule has 0 N–H and O–H groups in total. The minimum atomic E-state index is -4.50. The van der Waals surface area contributed by atoms with Crippen LogP contribution in [0.2, 0.25) is 0 Å². The van der Waals surface area contributed by atoms with Crippen LogP contribution in [-0.2, 0) is 17.2 Å². The highest BCUT2D eigenvalue weighted by atomic mass is 32.2. The van der Waals surface area contributed by atoms with Gasteiger partial charge in [-0.15, -0.1) is 0 Å². The summed E-state index contributed by atoms with van der Waals surface area (Å²) in [5.41, 5.74) is -0.429. The van der Waals surface area contributed by atoms with Gasteiger partial charge in [-0.05, 0) is 39.8 Å². The van der Waals surface area contributed by atoms with Crippen molar-refractivity contribution in [2.45, 2.75) is 38.6 Å². The summed E-state index contributed by atoms with van der Waals surface area (Å²) in [7, 11) is -1.51. The van der Waals surface area contributed by atoms with Crippen LogP contribution >= 0.6 is 0 Å². The van der Waals surface area contributed by atoms with Crippen molar-refractivity contribution >= 4 is 16.7 Å². The third-order valence-corrected chi connectivity index (χ3v) is 3.70. The van der Waals surface area contributed by atoms with Crippen LogP contribution in [0.15, 0.2) is 22.7 Å². The summed E-state index contributed by atoms with van der Waals surface area (Å²) in [6, 6.07) is 2.31. The molecule has 1 rings (SSSR count). The number of halogens is 3. The minimum absolute atomic E-state index is 0.264. The van der Waals surface area contributed by atoms with Gasteiger partial charge in [0.25, 0.3) is 0 Å². The maximum atomic E-state index is 12.5. The van der Waals surface area contributed by atoms with E-state index in [-0.39, 0.29) is 5.56 Å². The molecule has 0 saturated carbocycles. The molecule has 106 valence electrons. The molecule has 7 heteroatoms.